The van der Waals surface area contributed by atoms with Gasteiger partial charge in [-0.05, 0) is 77.1 Å². The van der Waals surface area contributed by atoms with E-state index in [0.29, 0.717) is 13.2 Å². The maximum atomic E-state index is 10.1. The Balaban J connectivity index is 1.03. The van der Waals surface area contributed by atoms with Gasteiger partial charge >= 0.3 is 0 Å². The van der Waals surface area contributed by atoms with Gasteiger partial charge in [0.15, 0.2) is 31.5 Å². The molecule has 9 unspecified atom stereocenters. The Morgan fingerprint density at radius 3 is 1.48 bits per heavy atom. The van der Waals surface area contributed by atoms with Crippen LogP contribution in [-0.4, -0.2) is 105 Å². The summed E-state index contributed by atoms with van der Waals surface area (Å²) in [4.78, 5) is 3.32. The molecule has 0 spiro atoms. The Morgan fingerprint density at radius 2 is 0.940 bits per heavy atom. The average Bonchev–Trinajstić information content (AvgIpc) is 3.62. The maximum absolute atomic E-state index is 10.1. The smallest absolute Gasteiger partial charge is 0.187 e. The van der Waals surface area contributed by atoms with Crippen LogP contribution < -0.4 is 0 Å². The number of azide groups is 1. The van der Waals surface area contributed by atoms with Gasteiger partial charge in [-0.3, -0.25) is 0 Å². The Morgan fingerprint density at radius 1 is 0.482 bits per heavy atom. The third-order valence-corrected chi connectivity index (χ3v) is 17.9. The van der Waals surface area contributed by atoms with Crippen LogP contribution in [0.25, 0.3) is 10.4 Å². The molecule has 5 aliphatic heterocycles. The second-order valence-corrected chi connectivity index (χ2v) is 23.5. The highest BCUT2D eigenvalue weighted by atomic mass is 16.8. The SMILES string of the molecule is CC[C@@H]1O[C@H](O[C@@H]2C(OCc3ccccc3)[C@H](O[C@@H]3C(COCc4ccccc4)O[C@@H](OCc4ccccc4)C(N=[N+]=[N-])[C@H]3C)OC3(C)COC(c4ccccc4)O[C@@H]23)C(O[C@H]2O[C@@H](CC)[C@@H](C)C(C)C2OCc2ccccc2)C(C)[C@@H]1C. The van der Waals surface area contributed by atoms with Gasteiger partial charge in [0, 0.05) is 10.5 Å². The zero-order chi connectivity index (χ0) is 57.9. The van der Waals surface area contributed by atoms with Gasteiger partial charge in [-0.2, -0.15) is 0 Å². The van der Waals surface area contributed by atoms with Gasteiger partial charge in [0.1, 0.15) is 42.2 Å². The van der Waals surface area contributed by atoms with Crippen LogP contribution in [0.1, 0.15) is 102 Å². The van der Waals surface area contributed by atoms with E-state index in [2.05, 4.69) is 63.7 Å². The normalized spacial score (nSPS) is 36.3. The second kappa shape index (κ2) is 28.9. The van der Waals surface area contributed by atoms with Crippen LogP contribution in [0.4, 0.5) is 0 Å². The van der Waals surface area contributed by atoms with E-state index in [1.165, 1.54) is 0 Å². The Bertz CT molecular complexity index is 2770. The fourth-order valence-electron chi connectivity index (χ4n) is 12.6. The van der Waals surface area contributed by atoms with E-state index in [-0.39, 0.29) is 62.3 Å². The number of ether oxygens (including phenoxy) is 13. The molecule has 0 N–H and O–H groups in total. The van der Waals surface area contributed by atoms with Crippen molar-refractivity contribution >= 4 is 0 Å². The first-order chi connectivity index (χ1) is 40.4. The highest BCUT2D eigenvalue weighted by molar-refractivity contribution is 5.19. The lowest BCUT2D eigenvalue weighted by atomic mass is 9.81. The Hall–Kier alpha value is -5.11. The Labute approximate surface area is 490 Å². The van der Waals surface area contributed by atoms with Gasteiger partial charge in [-0.1, -0.05) is 205 Å². The van der Waals surface area contributed by atoms with Crippen molar-refractivity contribution in [1.82, 2.24) is 0 Å². The molecule has 16 nitrogen and oxygen atoms in total. The largest absolute Gasteiger partial charge is 0.374 e. The molecule has 0 bridgehead atoms. The highest BCUT2D eigenvalue weighted by Gasteiger charge is 2.61. The highest BCUT2D eigenvalue weighted by Crippen LogP contribution is 2.47. The molecule has 5 aromatic rings. The standard InChI is InChI=1S/C67H85N3O13/c1-9-52-42(3)44(5)57(72-37-48-28-18-12-19-29-48)64(76-52)80-58-45(6)43(4)53(10-2)77-65(58)81-59-60(73-38-49-30-20-13-21-31-49)66(83-67(8)41-75-62(82-61(59)67)51-34-24-15-25-35-51)79-56-46(7)55(69-70-68)63(74-39-50-32-22-14-23-33-50)78-54(56)40-71-36-47-26-16-11-17-27-47/h11-35,42-46,52-66H,9-10,36-41H2,1-8H3/t42-,43-,44?,45?,46+,52-,53-,54?,55?,56-,57?,58?,59+,60?,61-,62?,63+,64+,65+,66+,67?/m0/s1. The monoisotopic (exact) mass is 1140 g/mol. The van der Waals surface area contributed by atoms with Crippen molar-refractivity contribution < 1.29 is 61.6 Å². The van der Waals surface area contributed by atoms with Crippen LogP contribution in [0.2, 0.25) is 0 Å². The minimum Gasteiger partial charge on any atom is -0.374 e. The Kier molecular flexibility index (Phi) is 21.2. The van der Waals surface area contributed by atoms with E-state index in [4.69, 9.17) is 61.6 Å². The molecule has 5 heterocycles. The van der Waals surface area contributed by atoms with Gasteiger partial charge in [-0.25, -0.2) is 0 Å². The van der Waals surface area contributed by atoms with E-state index < -0.39 is 91.7 Å². The van der Waals surface area contributed by atoms with Crippen molar-refractivity contribution in [2.75, 3.05) is 13.2 Å². The summed E-state index contributed by atoms with van der Waals surface area (Å²) in [5.41, 5.74) is 13.7. The third-order valence-electron chi connectivity index (χ3n) is 17.9. The third kappa shape index (κ3) is 14.6. The van der Waals surface area contributed by atoms with Crippen LogP contribution in [0.5, 0.6) is 0 Å². The fraction of sp³-hybridized carbons (Fsp3) is 0.552. The molecule has 0 aliphatic carbocycles. The molecule has 0 amide bonds. The zero-order valence-electron chi connectivity index (χ0n) is 49.3. The molecular weight excluding hydrogens is 1050 g/mol. The lowest BCUT2D eigenvalue weighted by Crippen LogP contribution is -2.71. The van der Waals surface area contributed by atoms with Crippen LogP contribution in [0, 0.1) is 29.6 Å². The van der Waals surface area contributed by atoms with Gasteiger partial charge in [0.05, 0.1) is 64.0 Å². The summed E-state index contributed by atoms with van der Waals surface area (Å²) in [6.07, 6.45) is -8.69. The van der Waals surface area contributed by atoms with Gasteiger partial charge in [0.25, 0.3) is 0 Å². The van der Waals surface area contributed by atoms with Crippen molar-refractivity contribution in [3.63, 3.8) is 0 Å². The minimum atomic E-state index is -1.20. The van der Waals surface area contributed by atoms with Crippen LogP contribution in [-0.2, 0) is 88.0 Å². The first-order valence-electron chi connectivity index (χ1n) is 30.0. The second-order valence-electron chi connectivity index (χ2n) is 23.5. The molecule has 83 heavy (non-hydrogen) atoms. The summed E-state index contributed by atoms with van der Waals surface area (Å²) < 4.78 is 91.9. The van der Waals surface area contributed by atoms with Crippen molar-refractivity contribution in [3.8, 4) is 0 Å². The van der Waals surface area contributed by atoms with Crippen molar-refractivity contribution in [1.29, 1.82) is 0 Å². The van der Waals surface area contributed by atoms with E-state index in [9.17, 15) is 5.53 Å². The predicted octanol–water partition coefficient (Wildman–Crippen LogP) is 12.8. The molecule has 21 atom stereocenters. The van der Waals surface area contributed by atoms with Crippen molar-refractivity contribution in [2.24, 2.45) is 34.7 Å². The van der Waals surface area contributed by atoms with E-state index in [1.54, 1.807) is 0 Å². The van der Waals surface area contributed by atoms with Gasteiger partial charge in [0.2, 0.25) is 0 Å². The summed E-state index contributed by atoms with van der Waals surface area (Å²) in [6, 6.07) is 49.0. The molecule has 446 valence electrons. The first kappa shape index (κ1) is 61.0. The van der Waals surface area contributed by atoms with Crippen molar-refractivity contribution in [3.05, 3.63) is 190 Å². The lowest BCUT2D eigenvalue weighted by molar-refractivity contribution is -0.430. The van der Waals surface area contributed by atoms with Crippen molar-refractivity contribution in [2.45, 2.75) is 193 Å². The topological polar surface area (TPSA) is 169 Å². The van der Waals surface area contributed by atoms with Crippen LogP contribution >= 0.6 is 0 Å². The molecule has 16 heteroatoms. The molecule has 5 aromatic carbocycles. The predicted molar refractivity (Wildman–Crippen MR) is 311 cm³/mol. The number of hydrogen-bond acceptors (Lipinski definition) is 14. The number of nitrogens with zero attached hydrogens (tertiary/aromatic N) is 3. The molecule has 5 saturated heterocycles. The van der Waals surface area contributed by atoms with Crippen LogP contribution in [0.15, 0.2) is 157 Å². The fourth-order valence-corrected chi connectivity index (χ4v) is 12.6. The summed E-state index contributed by atoms with van der Waals surface area (Å²) in [5.74, 6) is -0.196. The molecule has 5 aliphatic rings. The minimum absolute atomic E-state index is 0.0649. The average molecular weight is 1140 g/mol. The molecule has 10 rings (SSSR count). The number of hydrogen-bond donors (Lipinski definition) is 0. The summed E-state index contributed by atoms with van der Waals surface area (Å²) in [7, 11) is 0. The summed E-state index contributed by atoms with van der Waals surface area (Å²) in [5, 5.41) is 4.33. The first-order valence-corrected chi connectivity index (χ1v) is 30.0. The summed E-state index contributed by atoms with van der Waals surface area (Å²) in [6.45, 7) is 18.4. The molecule has 0 saturated carbocycles. The summed E-state index contributed by atoms with van der Waals surface area (Å²) >= 11 is 0. The lowest BCUT2D eigenvalue weighted by Gasteiger charge is -2.56. The quantitative estimate of drug-likeness (QED) is 0.0344. The van der Waals surface area contributed by atoms with Crippen LogP contribution in [0.3, 0.4) is 0 Å². The molecule has 0 aromatic heterocycles. The maximum Gasteiger partial charge on any atom is 0.187 e. The number of fused-ring (bicyclic) bond motifs is 1. The molecule has 0 radical (unpaired) electrons. The molecule has 5 fully saturated rings. The number of rotatable bonds is 23. The van der Waals surface area contributed by atoms with Gasteiger partial charge < -0.3 is 61.6 Å². The van der Waals surface area contributed by atoms with E-state index >= 15 is 0 Å². The van der Waals surface area contributed by atoms with E-state index in [1.807, 2.05) is 153 Å². The van der Waals surface area contributed by atoms with E-state index in [0.717, 1.165) is 40.7 Å². The van der Waals surface area contributed by atoms with Gasteiger partial charge in [-0.15, -0.1) is 0 Å². The number of benzene rings is 5. The molecular formula is C67H85N3O13. The zero-order valence-corrected chi connectivity index (χ0v) is 49.3.